The van der Waals surface area contributed by atoms with Crippen LogP contribution in [0.4, 0.5) is 0 Å². The first-order chi connectivity index (χ1) is 59.7. The zero-order valence-corrected chi connectivity index (χ0v) is 69.5. The van der Waals surface area contributed by atoms with Gasteiger partial charge in [-0.25, -0.2) is 0 Å². The lowest BCUT2D eigenvalue weighted by Gasteiger charge is -2.22. The number of hydrogen-bond donors (Lipinski definition) is 0. The molecule has 0 heterocycles. The molecule has 0 radical (unpaired) electrons. The second kappa shape index (κ2) is 26.3. The molecule has 28 aromatic carbocycles. The predicted molar refractivity (Wildman–Crippen MR) is 537 cm³/mol. The van der Waals surface area contributed by atoms with Crippen molar-refractivity contribution < 1.29 is 0 Å². The van der Waals surface area contributed by atoms with Crippen LogP contribution < -0.4 is 0 Å². The molecular formula is C122H82. The number of benzene rings is 28. The Balaban J connectivity index is 0.0000000898. The molecule has 0 amide bonds. The van der Waals surface area contributed by atoms with Crippen LogP contribution in [-0.4, -0.2) is 0 Å². The van der Waals surface area contributed by atoms with Crippen LogP contribution >= 0.6 is 0 Å². The minimum absolute atomic E-state index is 1.29. The van der Waals surface area contributed by atoms with Crippen molar-refractivity contribution in [1.29, 1.82) is 0 Å². The number of aryl methyl sites for hydroxylation is 8. The molecular weight excluding hydrogens is 1470 g/mol. The smallest absolute Gasteiger partial charge is 0.00112 e. The largest absolute Gasteiger partial charge is 0.0616 e. The van der Waals surface area contributed by atoms with E-state index in [1.54, 1.807) is 0 Å². The summed E-state index contributed by atoms with van der Waals surface area (Å²) in [5, 5.41) is 64.7. The molecule has 0 bridgehead atoms. The van der Waals surface area contributed by atoms with Gasteiger partial charge in [-0.2, -0.15) is 0 Å². The summed E-state index contributed by atoms with van der Waals surface area (Å²) < 4.78 is 0. The van der Waals surface area contributed by atoms with Gasteiger partial charge in [0.1, 0.15) is 0 Å². The molecule has 0 fully saturated rings. The third-order valence-corrected chi connectivity index (χ3v) is 28.1. The van der Waals surface area contributed by atoms with Crippen molar-refractivity contribution in [1.82, 2.24) is 0 Å². The van der Waals surface area contributed by atoms with Crippen LogP contribution in [0.1, 0.15) is 44.5 Å². The highest BCUT2D eigenvalue weighted by Gasteiger charge is 2.24. The van der Waals surface area contributed by atoms with Gasteiger partial charge in [0, 0.05) is 0 Å². The Morgan fingerprint density at radius 1 is 0.107 bits per heavy atom. The van der Waals surface area contributed by atoms with E-state index >= 15 is 0 Å². The van der Waals surface area contributed by atoms with E-state index in [-0.39, 0.29) is 0 Å². The molecule has 0 heteroatoms. The molecule has 0 nitrogen and oxygen atoms in total. The van der Waals surface area contributed by atoms with Gasteiger partial charge in [0.15, 0.2) is 0 Å². The van der Waals surface area contributed by atoms with Crippen LogP contribution in [0.15, 0.2) is 352 Å². The molecule has 0 atom stereocenters. The molecule has 0 aliphatic carbocycles. The van der Waals surface area contributed by atoms with Crippen LogP contribution in [-0.2, 0) is 0 Å². The summed E-state index contributed by atoms with van der Waals surface area (Å²) in [5.41, 5.74) is 10.7. The van der Waals surface area contributed by atoms with Crippen LogP contribution in [0, 0.1) is 55.4 Å². The van der Waals surface area contributed by atoms with E-state index in [1.165, 1.54) is 303 Å². The molecule has 0 aliphatic rings. The second-order valence-corrected chi connectivity index (χ2v) is 35.3. The van der Waals surface area contributed by atoms with Gasteiger partial charge >= 0.3 is 0 Å². The van der Waals surface area contributed by atoms with E-state index in [2.05, 4.69) is 407 Å². The molecule has 0 aromatic heterocycles. The lowest BCUT2D eigenvalue weighted by atomic mass is 9.81. The summed E-state index contributed by atoms with van der Waals surface area (Å²) in [6, 6.07) is 132. The fraction of sp³-hybridized carbons (Fsp3) is 0.0656. The van der Waals surface area contributed by atoms with E-state index in [0.717, 1.165) is 0 Å². The highest BCUT2D eigenvalue weighted by atomic mass is 14.3. The van der Waals surface area contributed by atoms with Gasteiger partial charge in [-0.15, -0.1) is 0 Å². The van der Waals surface area contributed by atoms with E-state index in [1.807, 2.05) is 0 Å². The molecule has 0 N–H and O–H groups in total. The third-order valence-electron chi connectivity index (χ3n) is 28.1. The lowest BCUT2D eigenvalue weighted by Crippen LogP contribution is -1.94. The van der Waals surface area contributed by atoms with Gasteiger partial charge in [0.2, 0.25) is 0 Å². The Kier molecular flexibility index (Phi) is 15.2. The van der Waals surface area contributed by atoms with Gasteiger partial charge in [-0.1, -0.05) is 266 Å². The van der Waals surface area contributed by atoms with Crippen molar-refractivity contribution in [2.75, 3.05) is 0 Å². The number of rotatable bonds is 0. The molecule has 0 saturated heterocycles. The Morgan fingerprint density at radius 3 is 0.631 bits per heavy atom. The molecule has 28 rings (SSSR count). The van der Waals surface area contributed by atoms with Crippen molar-refractivity contribution in [2.24, 2.45) is 0 Å². The predicted octanol–water partition coefficient (Wildman–Crippen LogP) is 35.2. The van der Waals surface area contributed by atoms with Crippen molar-refractivity contribution in [3.8, 4) is 0 Å². The highest BCUT2D eigenvalue weighted by molar-refractivity contribution is 6.45. The Morgan fingerprint density at radius 2 is 0.328 bits per heavy atom. The van der Waals surface area contributed by atoms with E-state index in [9.17, 15) is 0 Å². The van der Waals surface area contributed by atoms with E-state index in [4.69, 9.17) is 0 Å². The lowest BCUT2D eigenvalue weighted by molar-refractivity contribution is 1.47. The van der Waals surface area contributed by atoms with Gasteiger partial charge in [0.05, 0.1) is 0 Å². The van der Waals surface area contributed by atoms with Crippen molar-refractivity contribution in [2.45, 2.75) is 55.4 Å². The number of fused-ring (bicyclic) bond motifs is 27. The molecule has 0 unspecified atom stereocenters. The minimum atomic E-state index is 1.29. The molecule has 570 valence electrons. The van der Waals surface area contributed by atoms with Gasteiger partial charge in [0.25, 0.3) is 0 Å². The molecule has 0 spiro atoms. The fourth-order valence-electron chi connectivity index (χ4n) is 22.2. The van der Waals surface area contributed by atoms with Gasteiger partial charge < -0.3 is 0 Å². The van der Waals surface area contributed by atoms with E-state index < -0.39 is 0 Å². The average molecular weight is 1550 g/mol. The Labute approximate surface area is 705 Å². The SMILES string of the molecule is Cc1c2ccccc2c(C)c2c3cc4ccccc4cc3c3cc4ccccc4cc3c12.Cc1cc2ccc3cc(C)c4ccc5ccc6ccc1c1c6c5c4c3c21.Cc1ccc(C)c2cc3c4cc5ccccc5cc4c4cc5ccccc5cc4c3cc12.Cc1ccc2cc3c4cc5ccc(C)cc5cc4c4cc5ccccc5cc4c3cc2c1. The molecule has 0 saturated carbocycles. The zero-order chi connectivity index (χ0) is 81.3. The van der Waals surface area contributed by atoms with Crippen molar-refractivity contribution in [3.63, 3.8) is 0 Å². The maximum absolute atomic E-state index is 2.43. The van der Waals surface area contributed by atoms with Crippen LogP contribution in [0.25, 0.3) is 259 Å². The monoisotopic (exact) mass is 1550 g/mol. The topological polar surface area (TPSA) is 0 Å². The fourth-order valence-corrected chi connectivity index (χ4v) is 22.2. The summed E-state index contributed by atoms with van der Waals surface area (Å²) >= 11 is 0. The first-order valence-electron chi connectivity index (χ1n) is 43.1. The minimum Gasteiger partial charge on any atom is -0.0616 e. The first kappa shape index (κ1) is 70.2. The maximum atomic E-state index is 2.43. The van der Waals surface area contributed by atoms with E-state index in [0.29, 0.717) is 0 Å². The van der Waals surface area contributed by atoms with Gasteiger partial charge in [-0.3, -0.25) is 0 Å². The third kappa shape index (κ3) is 10.5. The van der Waals surface area contributed by atoms with Crippen LogP contribution in [0.2, 0.25) is 0 Å². The Hall–Kier alpha value is -14.8. The molecule has 0 aliphatic heterocycles. The van der Waals surface area contributed by atoms with Crippen molar-refractivity contribution >= 4 is 259 Å². The first-order valence-corrected chi connectivity index (χ1v) is 43.1. The standard InChI is InChI=1S/3C32H22.C26H16/c1-19-25-13-7-8-14-26(25)20(2)32-30-18-24-12-6-4-10-22(24)16-28(30)27-15-21-9-3-5-11-23(21)17-29(27)31(19)32;1-19-11-12-20(2)26-18-32-30-16-24-10-6-4-8-22(24)14-28(30)27-13-21-7-3-5-9-23(21)15-29(27)31(32)17-25(19)26;1-19-7-9-23-15-29-30-16-24-10-8-20(2)12-26(24)18-32(30)28-14-22-6-4-3-5-21(22)13-27(28)31(29)17-25(23)11-19;1-13-11-17-5-6-18-12-14(2)20-10-8-16-4-3-15-7-9-19(13)25-21(15)22(16)26(20)24(18)23(17)25/h3*3-18H,1-2H3;3-12H,1-2H3. The summed E-state index contributed by atoms with van der Waals surface area (Å²) in [6.07, 6.45) is 0. The van der Waals surface area contributed by atoms with Crippen LogP contribution in [0.5, 0.6) is 0 Å². The average Bonchev–Trinajstić information content (AvgIpc) is 0.688. The summed E-state index contributed by atoms with van der Waals surface area (Å²) in [4.78, 5) is 0. The summed E-state index contributed by atoms with van der Waals surface area (Å²) in [7, 11) is 0. The maximum Gasteiger partial charge on any atom is -0.00112 e. The highest BCUT2D eigenvalue weighted by Crippen LogP contribution is 2.52. The summed E-state index contributed by atoms with van der Waals surface area (Å²) in [5.74, 6) is 0. The summed E-state index contributed by atoms with van der Waals surface area (Å²) in [6.45, 7) is 17.9. The van der Waals surface area contributed by atoms with Gasteiger partial charge in [-0.05, 0) is 444 Å². The molecule has 28 aromatic rings. The molecule has 122 heavy (non-hydrogen) atoms. The quantitative estimate of drug-likeness (QED) is 0.105. The number of hydrogen-bond acceptors (Lipinski definition) is 0. The normalized spacial score (nSPS) is 12.3. The second-order valence-electron chi connectivity index (χ2n) is 35.3. The Bertz CT molecular complexity index is 8860. The van der Waals surface area contributed by atoms with Crippen LogP contribution in [0.3, 0.4) is 0 Å². The van der Waals surface area contributed by atoms with Crippen molar-refractivity contribution in [3.05, 3.63) is 396 Å². The zero-order valence-electron chi connectivity index (χ0n) is 69.5.